The average molecular weight is 415 g/mol. The van der Waals surface area contributed by atoms with Crippen LogP contribution in [-0.2, 0) is 11.3 Å². The Morgan fingerprint density at radius 2 is 2.15 bits per heavy atom. The lowest BCUT2D eigenvalue weighted by molar-refractivity contribution is -0.121. The Morgan fingerprint density at radius 1 is 1.30 bits per heavy atom. The van der Waals surface area contributed by atoms with Crippen molar-refractivity contribution in [2.24, 2.45) is 5.73 Å². The highest BCUT2D eigenvalue weighted by Gasteiger charge is 2.22. The fourth-order valence-corrected chi connectivity index (χ4v) is 3.24. The van der Waals surface area contributed by atoms with Crippen molar-refractivity contribution in [1.82, 2.24) is 24.8 Å². The Bertz CT molecular complexity index is 665. The topological polar surface area (TPSA) is 89.1 Å². The molecule has 150 valence electrons. The maximum atomic E-state index is 11.7. The zero-order valence-electron chi connectivity index (χ0n) is 15.3. The second-order valence-electron chi connectivity index (χ2n) is 6.46. The van der Waals surface area contributed by atoms with Crippen molar-refractivity contribution in [3.05, 3.63) is 42.6 Å². The molecule has 3 rings (SSSR count). The molecule has 0 aliphatic carbocycles. The van der Waals surface area contributed by atoms with Crippen molar-refractivity contribution in [3.63, 3.8) is 0 Å². The molecule has 3 N–H and O–H groups in total. The molecule has 1 unspecified atom stereocenters. The quantitative estimate of drug-likeness (QED) is 0.722. The van der Waals surface area contributed by atoms with Crippen LogP contribution in [0.1, 0.15) is 31.2 Å². The molecular formula is C18H28Cl2N6O. The average Bonchev–Trinajstić information content (AvgIpc) is 3.17. The minimum atomic E-state index is 0. The van der Waals surface area contributed by atoms with Gasteiger partial charge in [-0.25, -0.2) is 9.97 Å². The van der Waals surface area contributed by atoms with Gasteiger partial charge in [0.05, 0.1) is 0 Å². The summed E-state index contributed by atoms with van der Waals surface area (Å²) in [5.41, 5.74) is 6.62. The maximum absolute atomic E-state index is 11.7. The summed E-state index contributed by atoms with van der Waals surface area (Å²) in [6, 6.07) is 4.50. The number of halogens is 2. The SMILES string of the molecule is Cl.Cl.NCCC(=O)NCC1CCCCN1Cc1ccc(-n2ccnc2)nc1. The van der Waals surface area contributed by atoms with E-state index in [-0.39, 0.29) is 30.7 Å². The van der Waals surface area contributed by atoms with E-state index in [9.17, 15) is 4.79 Å². The first-order valence-electron chi connectivity index (χ1n) is 8.90. The van der Waals surface area contributed by atoms with E-state index in [1.807, 2.05) is 23.0 Å². The molecule has 1 atom stereocenters. The number of hydrogen-bond acceptors (Lipinski definition) is 5. The van der Waals surface area contributed by atoms with E-state index < -0.39 is 0 Å². The smallest absolute Gasteiger partial charge is 0.221 e. The second kappa shape index (κ2) is 11.9. The predicted molar refractivity (Wildman–Crippen MR) is 111 cm³/mol. The largest absolute Gasteiger partial charge is 0.354 e. The fourth-order valence-electron chi connectivity index (χ4n) is 3.24. The molecule has 9 heteroatoms. The monoisotopic (exact) mass is 414 g/mol. The number of nitrogens with one attached hydrogen (secondary N) is 1. The number of likely N-dealkylation sites (tertiary alicyclic amines) is 1. The first-order chi connectivity index (χ1) is 12.3. The molecule has 1 saturated heterocycles. The van der Waals surface area contributed by atoms with Crippen molar-refractivity contribution in [2.75, 3.05) is 19.6 Å². The Kier molecular flexibility index (Phi) is 10.3. The van der Waals surface area contributed by atoms with Gasteiger partial charge >= 0.3 is 0 Å². The third kappa shape index (κ3) is 6.77. The Hall–Kier alpha value is -1.67. The van der Waals surface area contributed by atoms with Gasteiger partial charge in [-0.3, -0.25) is 14.3 Å². The van der Waals surface area contributed by atoms with Crippen LogP contribution in [0.25, 0.3) is 5.82 Å². The number of pyridine rings is 1. The summed E-state index contributed by atoms with van der Waals surface area (Å²) in [6.07, 6.45) is 11.2. The number of hydrogen-bond donors (Lipinski definition) is 2. The number of nitrogens with zero attached hydrogens (tertiary/aromatic N) is 4. The van der Waals surface area contributed by atoms with Gasteiger partial charge in [-0.1, -0.05) is 12.5 Å². The van der Waals surface area contributed by atoms with E-state index in [1.54, 1.807) is 12.5 Å². The molecule has 0 radical (unpaired) electrons. The molecule has 1 aliphatic rings. The van der Waals surface area contributed by atoms with Crippen LogP contribution in [0.4, 0.5) is 0 Å². The third-order valence-electron chi connectivity index (χ3n) is 4.62. The minimum Gasteiger partial charge on any atom is -0.354 e. The normalized spacial score (nSPS) is 16.9. The highest BCUT2D eigenvalue weighted by atomic mass is 35.5. The van der Waals surface area contributed by atoms with Crippen LogP contribution in [0.3, 0.4) is 0 Å². The van der Waals surface area contributed by atoms with E-state index in [4.69, 9.17) is 5.73 Å². The van der Waals surface area contributed by atoms with Gasteiger partial charge in [-0.15, -0.1) is 24.8 Å². The van der Waals surface area contributed by atoms with Gasteiger partial charge in [-0.05, 0) is 31.0 Å². The van der Waals surface area contributed by atoms with Crippen LogP contribution in [-0.4, -0.2) is 51.0 Å². The van der Waals surface area contributed by atoms with Crippen LogP contribution in [0, 0.1) is 0 Å². The Morgan fingerprint density at radius 3 is 2.81 bits per heavy atom. The second-order valence-corrected chi connectivity index (χ2v) is 6.46. The standard InChI is InChI=1S/C18H26N6O.2ClH/c19-7-6-18(25)22-12-16-3-1-2-9-23(16)13-15-4-5-17(21-11-15)24-10-8-20-14-24;;/h4-5,8,10-11,14,16H,1-3,6-7,9,12-13,19H2,(H,22,25);2*1H. The molecule has 1 amide bonds. The number of rotatable bonds is 7. The lowest BCUT2D eigenvalue weighted by Gasteiger charge is -2.35. The summed E-state index contributed by atoms with van der Waals surface area (Å²) >= 11 is 0. The van der Waals surface area contributed by atoms with Gasteiger partial charge < -0.3 is 11.1 Å². The number of imidazole rings is 1. The van der Waals surface area contributed by atoms with Crippen LogP contribution >= 0.6 is 24.8 Å². The molecule has 7 nitrogen and oxygen atoms in total. The summed E-state index contributed by atoms with van der Waals surface area (Å²) in [4.78, 5) is 22.7. The third-order valence-corrected chi connectivity index (χ3v) is 4.62. The Labute approximate surface area is 172 Å². The molecule has 0 bridgehead atoms. The summed E-state index contributed by atoms with van der Waals surface area (Å²) in [7, 11) is 0. The van der Waals surface area contributed by atoms with E-state index in [0.717, 1.165) is 25.3 Å². The highest BCUT2D eigenvalue weighted by molar-refractivity contribution is 5.85. The van der Waals surface area contributed by atoms with Crippen LogP contribution in [0.15, 0.2) is 37.1 Å². The van der Waals surface area contributed by atoms with Gasteiger partial charge in [0.2, 0.25) is 5.91 Å². The molecule has 2 aromatic rings. The maximum Gasteiger partial charge on any atom is 0.221 e. The van der Waals surface area contributed by atoms with Crippen molar-refractivity contribution in [1.29, 1.82) is 0 Å². The van der Waals surface area contributed by atoms with E-state index in [1.165, 1.54) is 18.4 Å². The molecule has 0 saturated carbocycles. The zero-order chi connectivity index (χ0) is 17.5. The molecule has 0 spiro atoms. The molecule has 3 heterocycles. The molecule has 0 aromatic carbocycles. The first-order valence-corrected chi connectivity index (χ1v) is 8.90. The molecule has 1 aliphatic heterocycles. The summed E-state index contributed by atoms with van der Waals surface area (Å²) < 4.78 is 1.89. The summed E-state index contributed by atoms with van der Waals surface area (Å²) in [6.45, 7) is 3.00. The van der Waals surface area contributed by atoms with Crippen LogP contribution in [0.5, 0.6) is 0 Å². The predicted octanol–water partition coefficient (Wildman–Crippen LogP) is 1.93. The molecule has 2 aromatic heterocycles. The van der Waals surface area contributed by atoms with Gasteiger partial charge in [0, 0.05) is 50.7 Å². The van der Waals surface area contributed by atoms with Crippen molar-refractivity contribution in [3.8, 4) is 5.82 Å². The number of carbonyl (C=O) groups is 1. The summed E-state index contributed by atoms with van der Waals surface area (Å²) in [5.74, 6) is 0.907. The zero-order valence-corrected chi connectivity index (χ0v) is 16.9. The van der Waals surface area contributed by atoms with Crippen molar-refractivity contribution < 1.29 is 4.79 Å². The fraction of sp³-hybridized carbons (Fsp3) is 0.500. The molecule has 27 heavy (non-hydrogen) atoms. The number of piperidine rings is 1. The van der Waals surface area contributed by atoms with Crippen molar-refractivity contribution in [2.45, 2.75) is 38.3 Å². The first kappa shape index (κ1) is 23.4. The van der Waals surface area contributed by atoms with Crippen LogP contribution in [0.2, 0.25) is 0 Å². The van der Waals surface area contributed by atoms with E-state index >= 15 is 0 Å². The highest BCUT2D eigenvalue weighted by Crippen LogP contribution is 2.19. The number of carbonyl (C=O) groups excluding carboxylic acids is 1. The summed E-state index contributed by atoms with van der Waals surface area (Å²) in [5, 5.41) is 3.01. The lowest BCUT2D eigenvalue weighted by Crippen LogP contribution is -2.46. The van der Waals surface area contributed by atoms with Gasteiger partial charge in [-0.2, -0.15) is 0 Å². The number of amides is 1. The Balaban J connectivity index is 0.00000182. The van der Waals surface area contributed by atoms with Crippen LogP contribution < -0.4 is 11.1 Å². The molecular weight excluding hydrogens is 387 g/mol. The van der Waals surface area contributed by atoms with Crippen molar-refractivity contribution >= 4 is 30.7 Å². The number of aromatic nitrogens is 3. The van der Waals surface area contributed by atoms with E-state index in [2.05, 4.69) is 26.3 Å². The lowest BCUT2D eigenvalue weighted by atomic mass is 10.0. The molecule has 1 fully saturated rings. The minimum absolute atomic E-state index is 0. The van der Waals surface area contributed by atoms with Gasteiger partial charge in [0.15, 0.2) is 0 Å². The van der Waals surface area contributed by atoms with Gasteiger partial charge in [0.1, 0.15) is 12.1 Å². The van der Waals surface area contributed by atoms with Gasteiger partial charge in [0.25, 0.3) is 0 Å². The van der Waals surface area contributed by atoms with E-state index in [0.29, 0.717) is 25.6 Å². The number of nitrogens with two attached hydrogens (primary N) is 1.